The molecule has 5 rings (SSSR count). The van der Waals surface area contributed by atoms with Crippen molar-refractivity contribution in [1.29, 1.82) is 0 Å². The fourth-order valence-electron chi connectivity index (χ4n) is 6.22. The van der Waals surface area contributed by atoms with Crippen molar-refractivity contribution in [3.05, 3.63) is 176 Å². The molecule has 1 fully saturated rings. The molecule has 0 spiro atoms. The van der Waals surface area contributed by atoms with Crippen molar-refractivity contribution in [1.82, 2.24) is 20.4 Å². The van der Waals surface area contributed by atoms with E-state index in [0.29, 0.717) is 17.9 Å². The third kappa shape index (κ3) is 20.0. The lowest BCUT2D eigenvalue weighted by Crippen LogP contribution is -2.43. The van der Waals surface area contributed by atoms with Crippen molar-refractivity contribution in [3.8, 4) is 0 Å². The first-order valence-corrected chi connectivity index (χ1v) is 20.2. The summed E-state index contributed by atoms with van der Waals surface area (Å²) in [7, 11) is 0. The van der Waals surface area contributed by atoms with Crippen LogP contribution >= 0.6 is 0 Å². The minimum Gasteiger partial charge on any atom is -0.405 e. The van der Waals surface area contributed by atoms with Gasteiger partial charge in [-0.05, 0) is 80.9 Å². The maximum absolute atomic E-state index is 5.82. The van der Waals surface area contributed by atoms with Gasteiger partial charge in [-0.15, -0.1) is 0 Å². The zero-order chi connectivity index (χ0) is 41.7. The number of nitrogens with zero attached hydrogens (tertiary/aromatic N) is 2. The standard InChI is InChI=1S/C34H47N5.C7H8.C4H10.2C2H5N/c1-26(23-30-13-7-5-8-14-30)27(2)36-24-32(17-11-12-20-35)28(3)38-21-18-33(19-22-38)39-25-34(37-29(39)4)31-15-9-6-10-16-31;1-7-5-3-2-4-6-7;1-4(2)3;2*1-2-3/h5-10,13-16,25-26,32-33,36-37H,2-4,11-12,17-24,35H2,1H3;2-6H,1H3;4H,1-3H3;2*2H,1,3H2. The number of nitrogens with one attached hydrogen (secondary N) is 2. The predicted molar refractivity (Wildman–Crippen MR) is 246 cm³/mol. The van der Waals surface area contributed by atoms with E-state index < -0.39 is 0 Å². The normalized spacial score (nSPS) is 14.3. The highest BCUT2D eigenvalue weighted by molar-refractivity contribution is 5.67. The number of benzene rings is 3. The SMILES string of the molecule is C=C(NCC(CCCCN)C(=C)N1CCC(N2C=C(c3ccccc3)NC2=C)CC1)C(C)Cc1ccccc1.C=CN.C=CN.CC(C)C.Cc1ccccc1. The molecule has 2 heterocycles. The van der Waals surface area contributed by atoms with E-state index in [1.165, 1.54) is 34.8 Å². The summed E-state index contributed by atoms with van der Waals surface area (Å²) in [5, 5.41) is 7.16. The van der Waals surface area contributed by atoms with Crippen LogP contribution in [0.4, 0.5) is 0 Å². The zero-order valence-corrected chi connectivity index (χ0v) is 35.4. The highest BCUT2D eigenvalue weighted by Gasteiger charge is 2.30. The molecule has 0 aliphatic carbocycles. The largest absolute Gasteiger partial charge is 0.405 e. The quantitative estimate of drug-likeness (QED) is 0.104. The minimum atomic E-state index is 0.372. The molecule has 2 aliphatic heterocycles. The third-order valence-corrected chi connectivity index (χ3v) is 9.18. The van der Waals surface area contributed by atoms with Crippen LogP contribution < -0.4 is 27.8 Å². The fraction of sp³-hybridized carbons (Fsp3) is 0.388. The van der Waals surface area contributed by atoms with Crippen LogP contribution in [0.2, 0.25) is 0 Å². The van der Waals surface area contributed by atoms with Gasteiger partial charge in [0.25, 0.3) is 0 Å². The Kier molecular flexibility index (Phi) is 25.5. The average Bonchev–Trinajstić information content (AvgIpc) is 3.59. The number of aryl methyl sites for hydroxylation is 1. The number of likely N-dealkylation sites (tertiary alicyclic amines) is 1. The molecule has 2 unspecified atom stereocenters. The van der Waals surface area contributed by atoms with Crippen LogP contribution in [0.1, 0.15) is 76.5 Å². The number of nitrogens with two attached hydrogens (primary N) is 3. The van der Waals surface area contributed by atoms with Crippen molar-refractivity contribution in [2.45, 2.75) is 79.2 Å². The summed E-state index contributed by atoms with van der Waals surface area (Å²) in [4.78, 5) is 4.84. The lowest BCUT2D eigenvalue weighted by atomic mass is 9.94. The Balaban J connectivity index is 0.000000769. The van der Waals surface area contributed by atoms with Crippen molar-refractivity contribution >= 4 is 5.70 Å². The molecule has 56 heavy (non-hydrogen) atoms. The van der Waals surface area contributed by atoms with Crippen LogP contribution in [0.15, 0.2) is 160 Å². The molecule has 2 aliphatic rings. The third-order valence-electron chi connectivity index (χ3n) is 9.18. The van der Waals surface area contributed by atoms with Crippen molar-refractivity contribution in [2.24, 2.45) is 35.0 Å². The summed E-state index contributed by atoms with van der Waals surface area (Å²) in [6, 6.07) is 31.8. The Morgan fingerprint density at radius 1 is 0.839 bits per heavy atom. The maximum Gasteiger partial charge on any atom is 0.103 e. The van der Waals surface area contributed by atoms with Gasteiger partial charge in [0.15, 0.2) is 0 Å². The first kappa shape index (κ1) is 48.9. The van der Waals surface area contributed by atoms with Gasteiger partial charge in [-0.2, -0.15) is 0 Å². The molecule has 3 aromatic carbocycles. The average molecular weight is 762 g/mol. The van der Waals surface area contributed by atoms with E-state index in [0.717, 1.165) is 87.8 Å². The molecule has 7 heteroatoms. The van der Waals surface area contributed by atoms with Crippen LogP contribution in [0.25, 0.3) is 5.70 Å². The highest BCUT2D eigenvalue weighted by Crippen LogP contribution is 2.30. The van der Waals surface area contributed by atoms with Crippen LogP contribution in [0, 0.1) is 24.7 Å². The summed E-state index contributed by atoms with van der Waals surface area (Å²) in [5.41, 5.74) is 22.4. The fourth-order valence-corrected chi connectivity index (χ4v) is 6.22. The molecular formula is C49H75N7. The highest BCUT2D eigenvalue weighted by atomic mass is 15.3. The van der Waals surface area contributed by atoms with Gasteiger partial charge in [0.1, 0.15) is 5.82 Å². The topological polar surface area (TPSA) is 109 Å². The van der Waals surface area contributed by atoms with Gasteiger partial charge in [0.2, 0.25) is 0 Å². The number of piperidine rings is 1. The van der Waals surface area contributed by atoms with Crippen molar-refractivity contribution in [3.63, 3.8) is 0 Å². The van der Waals surface area contributed by atoms with E-state index in [4.69, 9.17) is 5.73 Å². The van der Waals surface area contributed by atoms with E-state index in [9.17, 15) is 0 Å². The number of unbranched alkanes of at least 4 members (excludes halogenated alkanes) is 1. The molecule has 0 bridgehead atoms. The summed E-state index contributed by atoms with van der Waals surface area (Å²) in [5.74, 6) is 2.55. The summed E-state index contributed by atoms with van der Waals surface area (Å²) >= 11 is 0. The molecule has 0 saturated carbocycles. The molecule has 0 radical (unpaired) electrons. The number of rotatable bonds is 14. The number of hydrogen-bond donors (Lipinski definition) is 5. The Morgan fingerprint density at radius 3 is 1.82 bits per heavy atom. The van der Waals surface area contributed by atoms with E-state index in [2.05, 4.69) is 172 Å². The van der Waals surface area contributed by atoms with Gasteiger partial charge in [0.05, 0.1) is 5.70 Å². The Morgan fingerprint density at radius 2 is 1.34 bits per heavy atom. The monoisotopic (exact) mass is 762 g/mol. The van der Waals surface area contributed by atoms with Crippen LogP contribution in [-0.2, 0) is 6.42 Å². The lowest BCUT2D eigenvalue weighted by molar-refractivity contribution is 0.175. The first-order valence-electron chi connectivity index (χ1n) is 20.2. The molecular weight excluding hydrogens is 687 g/mol. The Hall–Kier alpha value is -5.14. The molecule has 0 aromatic heterocycles. The Bertz CT molecular complexity index is 1530. The lowest BCUT2D eigenvalue weighted by Gasteiger charge is -2.40. The zero-order valence-electron chi connectivity index (χ0n) is 35.4. The van der Waals surface area contributed by atoms with Crippen LogP contribution in [0.5, 0.6) is 0 Å². The second-order valence-electron chi connectivity index (χ2n) is 14.9. The second-order valence-corrected chi connectivity index (χ2v) is 14.9. The number of allylic oxidation sites excluding steroid dienone is 1. The van der Waals surface area contributed by atoms with Gasteiger partial charge in [-0.3, -0.25) is 0 Å². The van der Waals surface area contributed by atoms with Gasteiger partial charge >= 0.3 is 0 Å². The van der Waals surface area contributed by atoms with Gasteiger partial charge in [-0.1, -0.05) is 164 Å². The molecule has 2 atom stereocenters. The van der Waals surface area contributed by atoms with Crippen molar-refractivity contribution in [2.75, 3.05) is 26.2 Å². The molecule has 306 valence electrons. The van der Waals surface area contributed by atoms with E-state index in [1.807, 2.05) is 24.3 Å². The molecule has 8 N–H and O–H groups in total. The first-order chi connectivity index (χ1) is 26.9. The summed E-state index contributed by atoms with van der Waals surface area (Å²) in [6.07, 6.45) is 11.2. The van der Waals surface area contributed by atoms with E-state index in [1.54, 1.807) is 0 Å². The summed E-state index contributed by atoms with van der Waals surface area (Å²) < 4.78 is 0. The predicted octanol–water partition coefficient (Wildman–Crippen LogP) is 9.90. The van der Waals surface area contributed by atoms with Gasteiger partial charge in [-0.25, -0.2) is 0 Å². The van der Waals surface area contributed by atoms with Crippen LogP contribution in [-0.4, -0.2) is 42.0 Å². The maximum atomic E-state index is 5.82. The van der Waals surface area contributed by atoms with E-state index >= 15 is 0 Å². The smallest absolute Gasteiger partial charge is 0.103 e. The number of hydrogen-bond acceptors (Lipinski definition) is 7. The van der Waals surface area contributed by atoms with Gasteiger partial charge < -0.3 is 37.6 Å². The minimum absolute atomic E-state index is 0.372. The molecule has 0 amide bonds. The second kappa shape index (κ2) is 29.2. The Labute approximate surface area is 341 Å². The summed E-state index contributed by atoms with van der Waals surface area (Å²) in [6.45, 7) is 34.0. The van der Waals surface area contributed by atoms with Gasteiger partial charge in [0, 0.05) is 49.2 Å². The molecule has 7 nitrogen and oxygen atoms in total. The van der Waals surface area contributed by atoms with E-state index in [-0.39, 0.29) is 0 Å². The van der Waals surface area contributed by atoms with Crippen molar-refractivity contribution < 1.29 is 0 Å². The van der Waals surface area contributed by atoms with Crippen LogP contribution in [0.3, 0.4) is 0 Å². The molecule has 1 saturated heterocycles. The molecule has 3 aromatic rings.